The number of aryl methyl sites for hydroxylation is 2. The molecule has 6 aliphatic rings. The quantitative estimate of drug-likeness (QED) is 0.733. The minimum absolute atomic E-state index is 0.613. The first kappa shape index (κ1) is 19.5. The lowest BCUT2D eigenvalue weighted by molar-refractivity contribution is -0.0670. The van der Waals surface area contributed by atoms with Crippen LogP contribution < -0.4 is 4.90 Å². The van der Waals surface area contributed by atoms with Crippen LogP contribution in [0, 0.1) is 36.0 Å². The Balaban J connectivity index is 1.06. The zero-order valence-corrected chi connectivity index (χ0v) is 19.6. The van der Waals surface area contributed by atoms with Gasteiger partial charge in [-0.25, -0.2) is 0 Å². The topological polar surface area (TPSA) is 50.1 Å². The number of aromatic nitrogens is 4. The van der Waals surface area contributed by atoms with Crippen molar-refractivity contribution in [3.8, 4) is 11.4 Å². The van der Waals surface area contributed by atoms with Crippen molar-refractivity contribution in [3.63, 3.8) is 0 Å². The van der Waals surface area contributed by atoms with Gasteiger partial charge in [-0.1, -0.05) is 0 Å². The second-order valence-corrected chi connectivity index (χ2v) is 12.0. The van der Waals surface area contributed by atoms with E-state index in [1.54, 1.807) is 19.3 Å². The molecule has 0 N–H and O–H groups in total. The third-order valence-electron chi connectivity index (χ3n) is 9.66. The highest BCUT2D eigenvalue weighted by Crippen LogP contribution is 2.60. The summed E-state index contributed by atoms with van der Waals surface area (Å²) >= 11 is 0. The molecule has 6 fully saturated rings. The molecule has 0 aromatic carbocycles. The van der Waals surface area contributed by atoms with E-state index in [1.807, 2.05) is 17.9 Å². The highest BCUT2D eigenvalue weighted by atomic mass is 15.3. The van der Waals surface area contributed by atoms with E-state index in [2.05, 4.69) is 44.2 Å². The Hall–Kier alpha value is -1.95. The number of hydrogen-bond donors (Lipinski definition) is 0. The van der Waals surface area contributed by atoms with E-state index in [9.17, 15) is 0 Å². The molecule has 4 heterocycles. The summed E-state index contributed by atoms with van der Waals surface area (Å²) < 4.78 is 1.89. The van der Waals surface area contributed by atoms with Crippen molar-refractivity contribution in [3.05, 3.63) is 23.9 Å². The van der Waals surface area contributed by atoms with Crippen LogP contribution in [0.15, 0.2) is 18.3 Å². The lowest BCUT2D eigenvalue weighted by Gasteiger charge is -2.57. The molecule has 2 atom stereocenters. The van der Waals surface area contributed by atoms with Gasteiger partial charge in [-0.05, 0) is 98.7 Å². The minimum atomic E-state index is 0.613. The fraction of sp³-hybridized carbons (Fsp3) is 0.731. The van der Waals surface area contributed by atoms with Gasteiger partial charge in [-0.3, -0.25) is 4.68 Å². The molecular formula is C26H36N6. The van der Waals surface area contributed by atoms with Crippen molar-refractivity contribution < 1.29 is 0 Å². The van der Waals surface area contributed by atoms with Gasteiger partial charge in [0.25, 0.3) is 0 Å². The largest absolute Gasteiger partial charge is 0.351 e. The Bertz CT molecular complexity index is 955. The zero-order chi connectivity index (χ0) is 21.4. The highest BCUT2D eigenvalue weighted by Gasteiger charge is 2.52. The van der Waals surface area contributed by atoms with Crippen molar-refractivity contribution in [1.82, 2.24) is 24.9 Å². The first-order valence-electron chi connectivity index (χ1n) is 12.9. The third-order valence-corrected chi connectivity index (χ3v) is 9.66. The minimum Gasteiger partial charge on any atom is -0.351 e. The van der Waals surface area contributed by atoms with Gasteiger partial charge in [-0.2, -0.15) is 5.10 Å². The maximum atomic E-state index is 4.68. The average Bonchev–Trinajstić information content (AvgIpc) is 3.41. The van der Waals surface area contributed by atoms with Gasteiger partial charge in [0.15, 0.2) is 5.82 Å². The monoisotopic (exact) mass is 432 g/mol. The maximum absolute atomic E-state index is 4.68. The van der Waals surface area contributed by atoms with E-state index in [0.29, 0.717) is 11.5 Å². The first-order chi connectivity index (χ1) is 15.6. The summed E-state index contributed by atoms with van der Waals surface area (Å²) in [6.45, 7) is 7.08. The van der Waals surface area contributed by atoms with Gasteiger partial charge in [0.1, 0.15) is 5.69 Å². The number of anilines is 1. The second-order valence-electron chi connectivity index (χ2n) is 12.0. The van der Waals surface area contributed by atoms with Crippen LogP contribution >= 0.6 is 0 Å². The van der Waals surface area contributed by atoms with Gasteiger partial charge in [0.2, 0.25) is 0 Å². The van der Waals surface area contributed by atoms with Crippen LogP contribution in [-0.2, 0) is 7.05 Å². The zero-order valence-electron chi connectivity index (χ0n) is 19.6. The van der Waals surface area contributed by atoms with Crippen LogP contribution in [0.5, 0.6) is 0 Å². The standard InChI is InChI=1S/C26H36N6/c1-17-13-27-30(2)25(17)22-3-4-24(29-28-22)32-6-5-21-14-31(15-23(21)32)16-26-10-18-7-19(11-26)9-20(8-18)12-26/h3-4,13,18-21,23H,5-12,14-16H2,1-2H3. The Kier molecular flexibility index (Phi) is 4.28. The smallest absolute Gasteiger partial charge is 0.151 e. The summed E-state index contributed by atoms with van der Waals surface area (Å²) in [5, 5.41) is 13.6. The van der Waals surface area contributed by atoms with Gasteiger partial charge >= 0.3 is 0 Å². The molecule has 4 bridgehead atoms. The van der Waals surface area contributed by atoms with E-state index < -0.39 is 0 Å². The lowest BCUT2D eigenvalue weighted by atomic mass is 9.49. The Morgan fingerprint density at radius 3 is 2.38 bits per heavy atom. The SMILES string of the molecule is Cc1cnn(C)c1-c1ccc(N2CCC3CN(CC45CC6CC(CC(C6)C4)C5)CC32)nn1. The van der Waals surface area contributed by atoms with E-state index in [1.165, 1.54) is 45.3 Å². The Labute approximate surface area is 191 Å². The Morgan fingerprint density at radius 2 is 1.75 bits per heavy atom. The Morgan fingerprint density at radius 1 is 1.00 bits per heavy atom. The predicted octanol–water partition coefficient (Wildman–Crippen LogP) is 3.91. The van der Waals surface area contributed by atoms with Crippen LogP contribution in [0.4, 0.5) is 5.82 Å². The van der Waals surface area contributed by atoms with Crippen molar-refractivity contribution in [2.45, 2.75) is 57.9 Å². The molecule has 4 saturated carbocycles. The predicted molar refractivity (Wildman–Crippen MR) is 125 cm³/mol. The number of likely N-dealkylation sites (tertiary alicyclic amines) is 1. The molecule has 6 heteroatoms. The summed E-state index contributed by atoms with van der Waals surface area (Å²) in [7, 11) is 1.97. The van der Waals surface area contributed by atoms with E-state index in [0.717, 1.165) is 53.0 Å². The molecule has 0 amide bonds. The van der Waals surface area contributed by atoms with Crippen LogP contribution in [0.1, 0.15) is 50.5 Å². The third kappa shape index (κ3) is 3.05. The molecule has 2 aliphatic heterocycles. The normalized spacial score (nSPS) is 38.1. The fourth-order valence-electron chi connectivity index (χ4n) is 8.94. The molecule has 170 valence electrons. The number of rotatable bonds is 4. The molecule has 4 aliphatic carbocycles. The maximum Gasteiger partial charge on any atom is 0.151 e. The molecule has 2 unspecified atom stereocenters. The van der Waals surface area contributed by atoms with Crippen LogP contribution in [0.2, 0.25) is 0 Å². The highest BCUT2D eigenvalue weighted by molar-refractivity contribution is 5.59. The number of hydrogen-bond acceptors (Lipinski definition) is 5. The number of fused-ring (bicyclic) bond motifs is 1. The van der Waals surface area contributed by atoms with Crippen LogP contribution in [0.3, 0.4) is 0 Å². The van der Waals surface area contributed by atoms with Crippen LogP contribution in [-0.4, -0.2) is 57.1 Å². The molecule has 2 saturated heterocycles. The summed E-state index contributed by atoms with van der Waals surface area (Å²) in [5.41, 5.74) is 3.77. The van der Waals surface area contributed by atoms with E-state index in [4.69, 9.17) is 0 Å². The molecule has 8 rings (SSSR count). The van der Waals surface area contributed by atoms with Crippen molar-refractivity contribution >= 4 is 5.82 Å². The van der Waals surface area contributed by atoms with Crippen molar-refractivity contribution in [2.24, 2.45) is 36.1 Å². The number of nitrogens with zero attached hydrogens (tertiary/aromatic N) is 6. The van der Waals surface area contributed by atoms with Gasteiger partial charge in [0.05, 0.1) is 11.9 Å². The van der Waals surface area contributed by atoms with Crippen LogP contribution in [0.25, 0.3) is 11.4 Å². The molecule has 0 radical (unpaired) electrons. The van der Waals surface area contributed by atoms with Crippen molar-refractivity contribution in [2.75, 3.05) is 31.1 Å². The van der Waals surface area contributed by atoms with E-state index in [-0.39, 0.29) is 0 Å². The molecular weight excluding hydrogens is 396 g/mol. The van der Waals surface area contributed by atoms with Gasteiger partial charge in [0, 0.05) is 39.3 Å². The first-order valence-corrected chi connectivity index (χ1v) is 12.9. The molecule has 6 nitrogen and oxygen atoms in total. The summed E-state index contributed by atoms with van der Waals surface area (Å²) in [5.74, 6) is 5.01. The van der Waals surface area contributed by atoms with Crippen molar-refractivity contribution in [1.29, 1.82) is 0 Å². The summed E-state index contributed by atoms with van der Waals surface area (Å²) in [6.07, 6.45) is 12.4. The summed E-state index contributed by atoms with van der Waals surface area (Å²) in [6, 6.07) is 4.92. The van der Waals surface area contributed by atoms with E-state index >= 15 is 0 Å². The van der Waals surface area contributed by atoms with Gasteiger partial charge in [-0.15, -0.1) is 10.2 Å². The average molecular weight is 433 g/mol. The molecule has 32 heavy (non-hydrogen) atoms. The molecule has 0 spiro atoms. The fourth-order valence-corrected chi connectivity index (χ4v) is 8.94. The lowest BCUT2D eigenvalue weighted by Crippen LogP contribution is -2.51. The van der Waals surface area contributed by atoms with Gasteiger partial charge < -0.3 is 9.80 Å². The second kappa shape index (κ2) is 7.02. The summed E-state index contributed by atoms with van der Waals surface area (Å²) in [4.78, 5) is 5.40. The molecule has 2 aromatic heterocycles. The molecule has 2 aromatic rings.